The Balaban J connectivity index is 1.01. The number of fused-ring (bicyclic) bond motifs is 6. The van der Waals surface area contributed by atoms with Gasteiger partial charge in [0.2, 0.25) is 0 Å². The standard InChI is InChI=1S/C51H54N2S/c1-3-12-41(4-2)52(34-35-19-21-37(22-20-35)36-13-6-5-7-14-36)42-27-29-43(30-28-42)53-47-18-11-10-17-45(47)46-33-40(25-31-48(46)53)51-49(54)32-26-39-24-23-38-15-8-9-16-44(38)50(39)51/h4-11,13,15-19,21,23-27,29-33,35-39,41-42,44,50,54H,2-3,12,14,20,22,28,34H2,1H3. The molecule has 3 heteroatoms. The predicted molar refractivity (Wildman–Crippen MR) is 235 cm³/mol. The van der Waals surface area contributed by atoms with Crippen LogP contribution in [0.3, 0.4) is 0 Å². The summed E-state index contributed by atoms with van der Waals surface area (Å²) in [5.74, 6) is 3.54. The van der Waals surface area contributed by atoms with Gasteiger partial charge in [-0.3, -0.25) is 4.90 Å². The van der Waals surface area contributed by atoms with Crippen molar-refractivity contribution in [3.8, 4) is 0 Å². The molecule has 0 aliphatic heterocycles. The Morgan fingerprint density at radius 3 is 2.46 bits per heavy atom. The SMILES string of the molecule is C=CC(CCC)N(CC1C=CC(C2C=CC=CC2)CC1)C1C=CC(n2c3ccccc3c3cc(C4=C(S)C=CC5C=CC6C=CC=CC6C45)ccc32)=CC1. The summed E-state index contributed by atoms with van der Waals surface area (Å²) in [5, 5.41) is 2.61. The highest BCUT2D eigenvalue weighted by Crippen LogP contribution is 2.50. The van der Waals surface area contributed by atoms with Gasteiger partial charge in [0.1, 0.15) is 0 Å². The molecule has 0 amide bonds. The highest BCUT2D eigenvalue weighted by molar-refractivity contribution is 7.85. The van der Waals surface area contributed by atoms with Gasteiger partial charge in [-0.25, -0.2) is 0 Å². The number of hydrogen-bond donors (Lipinski definition) is 1. The lowest BCUT2D eigenvalue weighted by molar-refractivity contribution is 0.154. The van der Waals surface area contributed by atoms with Crippen molar-refractivity contribution in [2.75, 3.05) is 6.54 Å². The molecule has 3 aromatic rings. The minimum Gasteiger partial charge on any atom is -0.310 e. The third-order valence-electron chi connectivity index (χ3n) is 13.2. The first-order valence-corrected chi connectivity index (χ1v) is 21.0. The third kappa shape index (κ3) is 6.58. The van der Waals surface area contributed by atoms with Crippen LogP contribution in [0.25, 0.3) is 33.1 Å². The van der Waals surface area contributed by atoms with Crippen LogP contribution in [0.1, 0.15) is 51.0 Å². The molecular weight excluding hydrogens is 673 g/mol. The predicted octanol–water partition coefficient (Wildman–Crippen LogP) is 12.7. The summed E-state index contributed by atoms with van der Waals surface area (Å²) in [6.07, 6.45) is 49.4. The van der Waals surface area contributed by atoms with Crippen molar-refractivity contribution in [2.24, 2.45) is 41.4 Å². The molecule has 274 valence electrons. The van der Waals surface area contributed by atoms with Crippen LogP contribution >= 0.6 is 12.6 Å². The van der Waals surface area contributed by atoms with E-state index in [1.165, 1.54) is 57.9 Å². The number of benzene rings is 2. The molecule has 6 aliphatic carbocycles. The minimum atomic E-state index is 0.352. The van der Waals surface area contributed by atoms with E-state index >= 15 is 0 Å². The first-order chi connectivity index (χ1) is 26.6. The summed E-state index contributed by atoms with van der Waals surface area (Å²) in [6, 6.07) is 16.9. The molecule has 2 nitrogen and oxygen atoms in total. The van der Waals surface area contributed by atoms with Crippen LogP contribution in [0.15, 0.2) is 163 Å². The molecule has 1 heterocycles. The lowest BCUT2D eigenvalue weighted by Crippen LogP contribution is -2.44. The molecular formula is C51H54N2S. The summed E-state index contributed by atoms with van der Waals surface area (Å²) in [4.78, 5) is 3.85. The number of para-hydroxylation sites is 1. The molecule has 0 spiro atoms. The molecule has 54 heavy (non-hydrogen) atoms. The van der Waals surface area contributed by atoms with Crippen molar-refractivity contribution in [3.63, 3.8) is 0 Å². The van der Waals surface area contributed by atoms with Crippen LogP contribution in [0, 0.1) is 41.4 Å². The highest BCUT2D eigenvalue weighted by atomic mass is 32.1. The van der Waals surface area contributed by atoms with Gasteiger partial charge in [0.05, 0.1) is 11.0 Å². The Kier molecular flexibility index (Phi) is 10.1. The van der Waals surface area contributed by atoms with Gasteiger partial charge in [-0.15, -0.1) is 19.2 Å². The average molecular weight is 727 g/mol. The minimum absolute atomic E-state index is 0.352. The maximum absolute atomic E-state index is 5.11. The van der Waals surface area contributed by atoms with E-state index in [2.05, 4.69) is 175 Å². The number of rotatable bonds is 10. The molecule has 0 N–H and O–H groups in total. The van der Waals surface area contributed by atoms with Crippen molar-refractivity contribution < 1.29 is 0 Å². The Labute approximate surface area is 328 Å². The third-order valence-corrected chi connectivity index (χ3v) is 13.6. The lowest BCUT2D eigenvalue weighted by atomic mass is 9.63. The topological polar surface area (TPSA) is 8.17 Å². The zero-order chi connectivity index (χ0) is 36.6. The van der Waals surface area contributed by atoms with E-state index in [1.54, 1.807) is 0 Å². The lowest BCUT2D eigenvalue weighted by Gasteiger charge is -2.41. The van der Waals surface area contributed by atoms with Gasteiger partial charge in [0, 0.05) is 57.8 Å². The Morgan fingerprint density at radius 2 is 1.67 bits per heavy atom. The average Bonchev–Trinajstić information content (AvgIpc) is 3.56. The molecule has 0 radical (unpaired) electrons. The first-order valence-electron chi connectivity index (χ1n) is 20.6. The molecule has 2 aromatic carbocycles. The fraction of sp³-hybridized carbons (Fsp3) is 0.333. The van der Waals surface area contributed by atoms with Gasteiger partial charge in [0.15, 0.2) is 0 Å². The zero-order valence-electron chi connectivity index (χ0n) is 31.6. The van der Waals surface area contributed by atoms with E-state index in [9.17, 15) is 0 Å². The second kappa shape index (κ2) is 15.4. The molecule has 6 aliphatic rings. The molecule has 0 saturated carbocycles. The van der Waals surface area contributed by atoms with E-state index in [0.717, 1.165) is 30.7 Å². The van der Waals surface area contributed by atoms with E-state index in [4.69, 9.17) is 12.6 Å². The summed E-state index contributed by atoms with van der Waals surface area (Å²) in [7, 11) is 0. The van der Waals surface area contributed by atoms with Crippen LogP contribution in [-0.2, 0) is 0 Å². The number of thiol groups is 1. The monoisotopic (exact) mass is 726 g/mol. The van der Waals surface area contributed by atoms with Crippen molar-refractivity contribution in [1.29, 1.82) is 0 Å². The molecule has 1 aromatic heterocycles. The van der Waals surface area contributed by atoms with Crippen LogP contribution < -0.4 is 0 Å². The van der Waals surface area contributed by atoms with Gasteiger partial charge in [0.25, 0.3) is 0 Å². The first kappa shape index (κ1) is 35.4. The van der Waals surface area contributed by atoms with E-state index in [-0.39, 0.29) is 0 Å². The summed E-state index contributed by atoms with van der Waals surface area (Å²) in [5.41, 5.74) is 6.45. The van der Waals surface area contributed by atoms with Gasteiger partial charge in [-0.2, -0.15) is 0 Å². The second-order valence-electron chi connectivity index (χ2n) is 16.3. The van der Waals surface area contributed by atoms with Crippen molar-refractivity contribution in [1.82, 2.24) is 9.47 Å². The number of nitrogens with zero attached hydrogens (tertiary/aromatic N) is 2. The number of allylic oxidation sites excluding steroid dienone is 16. The van der Waals surface area contributed by atoms with Crippen LogP contribution in [0.2, 0.25) is 0 Å². The molecule has 0 saturated heterocycles. The van der Waals surface area contributed by atoms with Crippen molar-refractivity contribution >= 4 is 45.7 Å². The van der Waals surface area contributed by atoms with Crippen LogP contribution in [0.5, 0.6) is 0 Å². The van der Waals surface area contributed by atoms with Gasteiger partial charge < -0.3 is 4.57 Å². The fourth-order valence-electron chi connectivity index (χ4n) is 10.5. The van der Waals surface area contributed by atoms with E-state index in [1.807, 2.05) is 0 Å². The Hall–Kier alpha value is -4.31. The Morgan fingerprint density at radius 1 is 0.815 bits per heavy atom. The zero-order valence-corrected chi connectivity index (χ0v) is 32.5. The Bertz CT molecular complexity index is 2230. The second-order valence-corrected chi connectivity index (χ2v) is 16.8. The fourth-order valence-corrected chi connectivity index (χ4v) is 10.8. The summed E-state index contributed by atoms with van der Waals surface area (Å²) in [6.45, 7) is 7.72. The van der Waals surface area contributed by atoms with Gasteiger partial charge in [-0.1, -0.05) is 141 Å². The van der Waals surface area contributed by atoms with Crippen molar-refractivity contribution in [2.45, 2.75) is 57.5 Å². The quantitative estimate of drug-likeness (QED) is 0.162. The van der Waals surface area contributed by atoms with Gasteiger partial charge >= 0.3 is 0 Å². The molecule has 9 atom stereocenters. The largest absolute Gasteiger partial charge is 0.310 e. The summed E-state index contributed by atoms with van der Waals surface area (Å²) >= 11 is 5.11. The number of hydrogen-bond acceptors (Lipinski definition) is 2. The smallest absolute Gasteiger partial charge is 0.0541 e. The molecule has 9 rings (SSSR count). The van der Waals surface area contributed by atoms with Gasteiger partial charge in [-0.05, 0) is 91.2 Å². The maximum Gasteiger partial charge on any atom is 0.0541 e. The van der Waals surface area contributed by atoms with Crippen molar-refractivity contribution in [3.05, 3.63) is 169 Å². The molecule has 0 bridgehead atoms. The normalized spacial score (nSPS) is 30.3. The molecule has 0 fully saturated rings. The highest BCUT2D eigenvalue weighted by Gasteiger charge is 2.39. The van der Waals surface area contributed by atoms with Crippen LogP contribution in [-0.4, -0.2) is 28.1 Å². The maximum atomic E-state index is 5.11. The van der Waals surface area contributed by atoms with E-state index in [0.29, 0.717) is 53.5 Å². The van der Waals surface area contributed by atoms with Crippen LogP contribution in [0.4, 0.5) is 0 Å². The van der Waals surface area contributed by atoms with E-state index < -0.39 is 0 Å². The number of aromatic nitrogens is 1. The molecule has 9 unspecified atom stereocenters. The summed E-state index contributed by atoms with van der Waals surface area (Å²) < 4.78 is 2.50.